The van der Waals surface area contributed by atoms with Crippen LogP contribution in [0.2, 0.25) is 0 Å². The van der Waals surface area contributed by atoms with Gasteiger partial charge in [-0.1, -0.05) is 78.7 Å². The van der Waals surface area contributed by atoms with Crippen molar-refractivity contribution in [1.82, 2.24) is 4.90 Å². The Bertz CT molecular complexity index is 1260. The van der Waals surface area contributed by atoms with Crippen molar-refractivity contribution in [2.45, 2.75) is 33.9 Å². The van der Waals surface area contributed by atoms with E-state index in [2.05, 4.69) is 11.8 Å². The molecule has 5 heteroatoms. The van der Waals surface area contributed by atoms with Gasteiger partial charge in [0.2, 0.25) is 0 Å². The number of ether oxygens (including phenoxy) is 2. The first-order valence-corrected chi connectivity index (χ1v) is 12.4. The molecular formula is C32H31NO4. The first-order valence-electron chi connectivity index (χ1n) is 12.4. The van der Waals surface area contributed by atoms with E-state index < -0.39 is 0 Å². The van der Waals surface area contributed by atoms with Crippen LogP contribution in [0.4, 0.5) is 0 Å². The highest BCUT2D eigenvalue weighted by Crippen LogP contribution is 2.27. The molecule has 0 amide bonds. The third-order valence-electron chi connectivity index (χ3n) is 6.09. The average Bonchev–Trinajstić information content (AvgIpc) is 2.92. The van der Waals surface area contributed by atoms with Crippen LogP contribution in [0, 0.1) is 13.8 Å². The van der Waals surface area contributed by atoms with Gasteiger partial charge in [-0.15, -0.1) is 0 Å². The molecule has 0 saturated carbocycles. The van der Waals surface area contributed by atoms with E-state index in [1.54, 1.807) is 24.3 Å². The molecule has 0 aliphatic heterocycles. The molecule has 0 spiro atoms. The third-order valence-corrected chi connectivity index (χ3v) is 6.09. The van der Waals surface area contributed by atoms with E-state index in [1.165, 1.54) is 0 Å². The molecule has 0 aliphatic carbocycles. The lowest BCUT2D eigenvalue weighted by Crippen LogP contribution is -2.24. The molecular weight excluding hydrogens is 462 g/mol. The fourth-order valence-electron chi connectivity index (χ4n) is 4.09. The second-order valence-electron chi connectivity index (χ2n) is 9.04. The summed E-state index contributed by atoms with van der Waals surface area (Å²) in [5.41, 5.74) is 5.01. The third kappa shape index (κ3) is 6.93. The molecule has 188 valence electrons. The lowest BCUT2D eigenvalue weighted by atomic mass is 10.1. The van der Waals surface area contributed by atoms with Crippen molar-refractivity contribution in [3.05, 3.63) is 130 Å². The number of benzene rings is 4. The summed E-state index contributed by atoms with van der Waals surface area (Å²) in [5.74, 6) is 0.306. The van der Waals surface area contributed by atoms with E-state index in [1.807, 2.05) is 86.6 Å². The number of carbonyl (C=O) groups excluding carboxylic acids is 2. The quantitative estimate of drug-likeness (QED) is 0.190. The van der Waals surface area contributed by atoms with Crippen LogP contribution in [0.15, 0.2) is 97.1 Å². The van der Waals surface area contributed by atoms with Gasteiger partial charge in [0.15, 0.2) is 0 Å². The SMILES string of the molecule is CCN(Cc1cc(C)ccc1OC(=O)c1ccccc1)Cc1cc(C)ccc1OC(=O)c1ccccc1. The van der Waals surface area contributed by atoms with Crippen LogP contribution in [0.1, 0.15) is 49.9 Å². The molecule has 0 aromatic heterocycles. The topological polar surface area (TPSA) is 55.8 Å². The van der Waals surface area contributed by atoms with Gasteiger partial charge in [-0.2, -0.15) is 0 Å². The van der Waals surface area contributed by atoms with Crippen molar-refractivity contribution in [1.29, 1.82) is 0 Å². The van der Waals surface area contributed by atoms with E-state index in [0.717, 1.165) is 28.8 Å². The predicted molar refractivity (Wildman–Crippen MR) is 145 cm³/mol. The first-order chi connectivity index (χ1) is 17.9. The lowest BCUT2D eigenvalue weighted by molar-refractivity contribution is 0.0724. The molecule has 0 atom stereocenters. The smallest absolute Gasteiger partial charge is 0.343 e. The molecule has 4 aromatic carbocycles. The lowest BCUT2D eigenvalue weighted by Gasteiger charge is -2.23. The minimum atomic E-state index is -0.387. The molecule has 4 aromatic rings. The predicted octanol–water partition coefficient (Wildman–Crippen LogP) is 6.76. The zero-order valence-electron chi connectivity index (χ0n) is 21.4. The van der Waals surface area contributed by atoms with Gasteiger partial charge in [0.25, 0.3) is 0 Å². The molecule has 0 aliphatic rings. The molecule has 0 fully saturated rings. The van der Waals surface area contributed by atoms with Gasteiger partial charge in [0, 0.05) is 24.2 Å². The molecule has 0 bridgehead atoms. The number of carbonyl (C=O) groups is 2. The summed E-state index contributed by atoms with van der Waals surface area (Å²) < 4.78 is 11.6. The van der Waals surface area contributed by atoms with Crippen LogP contribution in [0.25, 0.3) is 0 Å². The van der Waals surface area contributed by atoms with Gasteiger partial charge in [0.1, 0.15) is 11.5 Å². The van der Waals surface area contributed by atoms with Gasteiger partial charge >= 0.3 is 11.9 Å². The number of rotatable bonds is 9. The van der Waals surface area contributed by atoms with Crippen LogP contribution >= 0.6 is 0 Å². The van der Waals surface area contributed by atoms with Crippen molar-refractivity contribution < 1.29 is 19.1 Å². The van der Waals surface area contributed by atoms with E-state index in [0.29, 0.717) is 35.7 Å². The second-order valence-corrected chi connectivity index (χ2v) is 9.04. The van der Waals surface area contributed by atoms with Gasteiger partial charge in [-0.05, 0) is 56.8 Å². The van der Waals surface area contributed by atoms with E-state index >= 15 is 0 Å². The Morgan fingerprint density at radius 3 is 1.41 bits per heavy atom. The molecule has 5 nitrogen and oxygen atoms in total. The summed E-state index contributed by atoms with van der Waals surface area (Å²) in [6.45, 7) is 8.00. The fraction of sp³-hybridized carbons (Fsp3) is 0.188. The Kier molecular flexibility index (Phi) is 8.49. The first kappa shape index (κ1) is 25.9. The number of hydrogen-bond acceptors (Lipinski definition) is 5. The van der Waals surface area contributed by atoms with Crippen molar-refractivity contribution in [2.75, 3.05) is 6.54 Å². The maximum atomic E-state index is 12.7. The summed E-state index contributed by atoms with van der Waals surface area (Å²) in [6.07, 6.45) is 0. The Labute approximate surface area is 218 Å². The number of hydrogen-bond donors (Lipinski definition) is 0. The molecule has 0 heterocycles. The fourth-order valence-corrected chi connectivity index (χ4v) is 4.09. The van der Waals surface area contributed by atoms with Crippen LogP contribution in [-0.4, -0.2) is 23.4 Å². The number of aryl methyl sites for hydroxylation is 2. The molecule has 0 saturated heterocycles. The van der Waals surface area contributed by atoms with Crippen LogP contribution < -0.4 is 9.47 Å². The second kappa shape index (κ2) is 12.2. The minimum Gasteiger partial charge on any atom is -0.423 e. The summed E-state index contributed by atoms with van der Waals surface area (Å²) >= 11 is 0. The maximum absolute atomic E-state index is 12.7. The van der Waals surface area contributed by atoms with E-state index in [4.69, 9.17) is 9.47 Å². The van der Waals surface area contributed by atoms with E-state index in [-0.39, 0.29) is 11.9 Å². The largest absolute Gasteiger partial charge is 0.423 e. The van der Waals surface area contributed by atoms with Gasteiger partial charge in [-0.25, -0.2) is 9.59 Å². The zero-order valence-corrected chi connectivity index (χ0v) is 21.4. The molecule has 37 heavy (non-hydrogen) atoms. The van der Waals surface area contributed by atoms with Gasteiger partial charge in [0.05, 0.1) is 11.1 Å². The Morgan fingerprint density at radius 1 is 0.622 bits per heavy atom. The summed E-state index contributed by atoms with van der Waals surface area (Å²) in [7, 11) is 0. The minimum absolute atomic E-state index is 0.387. The Balaban J connectivity index is 1.54. The Hall–Kier alpha value is -4.22. The Morgan fingerprint density at radius 2 is 1.03 bits per heavy atom. The highest BCUT2D eigenvalue weighted by molar-refractivity contribution is 5.91. The van der Waals surface area contributed by atoms with E-state index in [9.17, 15) is 9.59 Å². The molecule has 0 N–H and O–H groups in total. The van der Waals surface area contributed by atoms with Crippen LogP contribution in [0.3, 0.4) is 0 Å². The normalized spacial score (nSPS) is 10.8. The highest BCUT2D eigenvalue weighted by atomic mass is 16.5. The standard InChI is InChI=1S/C32H31NO4/c1-4-33(21-27-19-23(2)15-17-29(27)36-31(34)25-11-7-5-8-12-25)22-28-20-24(3)16-18-30(28)37-32(35)26-13-9-6-10-14-26/h5-20H,4,21-22H2,1-3H3. The summed E-state index contributed by atoms with van der Waals surface area (Å²) in [6, 6.07) is 29.6. The van der Waals surface area contributed by atoms with Gasteiger partial charge < -0.3 is 9.47 Å². The average molecular weight is 494 g/mol. The van der Waals surface area contributed by atoms with Gasteiger partial charge in [-0.3, -0.25) is 4.90 Å². The highest BCUT2D eigenvalue weighted by Gasteiger charge is 2.17. The molecule has 4 rings (SSSR count). The van der Waals surface area contributed by atoms with Crippen LogP contribution in [-0.2, 0) is 13.1 Å². The summed E-state index contributed by atoms with van der Waals surface area (Å²) in [5, 5.41) is 0. The maximum Gasteiger partial charge on any atom is 0.343 e. The summed E-state index contributed by atoms with van der Waals surface area (Å²) in [4.78, 5) is 27.7. The zero-order chi connectivity index (χ0) is 26.2. The number of esters is 2. The molecule has 0 unspecified atom stereocenters. The monoisotopic (exact) mass is 493 g/mol. The van der Waals surface area contributed by atoms with Crippen molar-refractivity contribution in [2.24, 2.45) is 0 Å². The van der Waals surface area contributed by atoms with Crippen molar-refractivity contribution in [3.8, 4) is 11.5 Å². The number of nitrogens with zero attached hydrogens (tertiary/aromatic N) is 1. The van der Waals surface area contributed by atoms with Crippen molar-refractivity contribution in [3.63, 3.8) is 0 Å². The van der Waals surface area contributed by atoms with Crippen LogP contribution in [0.5, 0.6) is 11.5 Å². The molecule has 0 radical (unpaired) electrons. The van der Waals surface area contributed by atoms with Crippen molar-refractivity contribution >= 4 is 11.9 Å².